The first-order valence-electron chi connectivity index (χ1n) is 6.28. The van der Waals surface area contributed by atoms with Gasteiger partial charge >= 0.3 is 6.18 Å². The summed E-state index contributed by atoms with van der Waals surface area (Å²) in [7, 11) is 0. The first-order valence-corrected chi connectivity index (χ1v) is 6.82. The zero-order valence-corrected chi connectivity index (χ0v) is 11.0. The summed E-state index contributed by atoms with van der Waals surface area (Å²) < 4.78 is 37.8. The average Bonchev–Trinajstić information content (AvgIpc) is 2.26. The van der Waals surface area contributed by atoms with Crippen molar-refractivity contribution in [1.29, 1.82) is 0 Å². The van der Waals surface area contributed by atoms with Crippen molar-refractivity contribution in [2.24, 2.45) is 11.8 Å². The summed E-state index contributed by atoms with van der Waals surface area (Å²) >= 11 is 5.64. The number of piperidine rings is 1. The van der Waals surface area contributed by atoms with Crippen LogP contribution in [0.3, 0.4) is 0 Å². The van der Waals surface area contributed by atoms with Crippen molar-refractivity contribution >= 4 is 11.6 Å². The Morgan fingerprint density at radius 1 is 1.35 bits per heavy atom. The minimum atomic E-state index is -4.03. The molecule has 1 rings (SSSR count). The van der Waals surface area contributed by atoms with Crippen LogP contribution < -0.4 is 0 Å². The molecule has 1 aliphatic rings. The van der Waals surface area contributed by atoms with Crippen molar-refractivity contribution in [1.82, 2.24) is 4.90 Å². The summed E-state index contributed by atoms with van der Waals surface area (Å²) in [6, 6.07) is 0. The van der Waals surface area contributed by atoms with Crippen LogP contribution in [0.25, 0.3) is 0 Å². The largest absolute Gasteiger partial charge is 0.393 e. The SMILES string of the molecule is CC(CCCl)CCN1CCCC(C(F)(F)F)C1. The van der Waals surface area contributed by atoms with Crippen LogP contribution in [0.2, 0.25) is 0 Å². The maximum atomic E-state index is 12.6. The summed E-state index contributed by atoms with van der Waals surface area (Å²) in [5.74, 6) is 0.00476. The zero-order valence-electron chi connectivity index (χ0n) is 10.3. The van der Waals surface area contributed by atoms with E-state index in [2.05, 4.69) is 6.92 Å². The molecule has 1 saturated heterocycles. The molecule has 2 unspecified atom stereocenters. The lowest BCUT2D eigenvalue weighted by Gasteiger charge is -2.34. The number of hydrogen-bond acceptors (Lipinski definition) is 1. The molecule has 0 aromatic carbocycles. The van der Waals surface area contributed by atoms with Gasteiger partial charge in [0.15, 0.2) is 0 Å². The van der Waals surface area contributed by atoms with Crippen molar-refractivity contribution in [2.75, 3.05) is 25.5 Å². The molecule has 0 bridgehead atoms. The highest BCUT2D eigenvalue weighted by molar-refractivity contribution is 6.17. The Hall–Kier alpha value is 0.0400. The lowest BCUT2D eigenvalue weighted by molar-refractivity contribution is -0.186. The second kappa shape index (κ2) is 6.83. The Labute approximate surface area is 106 Å². The van der Waals surface area contributed by atoms with E-state index in [9.17, 15) is 13.2 Å². The van der Waals surface area contributed by atoms with Gasteiger partial charge in [-0.25, -0.2) is 0 Å². The van der Waals surface area contributed by atoms with Crippen molar-refractivity contribution in [3.05, 3.63) is 0 Å². The molecular weight excluding hydrogens is 251 g/mol. The molecule has 0 spiro atoms. The van der Waals surface area contributed by atoms with Crippen LogP contribution >= 0.6 is 11.6 Å². The van der Waals surface area contributed by atoms with Gasteiger partial charge in [-0.3, -0.25) is 0 Å². The van der Waals surface area contributed by atoms with E-state index in [1.54, 1.807) is 0 Å². The summed E-state index contributed by atoms with van der Waals surface area (Å²) in [5, 5.41) is 0. The lowest BCUT2D eigenvalue weighted by Crippen LogP contribution is -2.42. The first kappa shape index (κ1) is 15.1. The van der Waals surface area contributed by atoms with E-state index in [1.807, 2.05) is 4.90 Å². The highest BCUT2D eigenvalue weighted by Gasteiger charge is 2.41. The second-order valence-corrected chi connectivity index (χ2v) is 5.43. The third-order valence-corrected chi connectivity index (χ3v) is 3.73. The predicted octanol–water partition coefficient (Wildman–Crippen LogP) is 3.92. The minimum Gasteiger partial charge on any atom is -0.303 e. The Kier molecular flexibility index (Phi) is 6.07. The average molecular weight is 272 g/mol. The van der Waals surface area contributed by atoms with Crippen LogP contribution in [0.1, 0.15) is 32.6 Å². The quantitative estimate of drug-likeness (QED) is 0.685. The van der Waals surface area contributed by atoms with Crippen LogP contribution in [-0.4, -0.2) is 36.6 Å². The third kappa shape index (κ3) is 5.47. The van der Waals surface area contributed by atoms with Gasteiger partial charge in [-0.05, 0) is 44.7 Å². The molecule has 1 nitrogen and oxygen atoms in total. The molecular formula is C12H21ClF3N. The summed E-state index contributed by atoms with van der Waals surface area (Å²) in [4.78, 5) is 1.95. The van der Waals surface area contributed by atoms with Gasteiger partial charge in [0, 0.05) is 12.4 Å². The van der Waals surface area contributed by atoms with Gasteiger partial charge in [-0.15, -0.1) is 11.6 Å². The zero-order chi connectivity index (χ0) is 12.9. The number of hydrogen-bond donors (Lipinski definition) is 0. The second-order valence-electron chi connectivity index (χ2n) is 5.05. The van der Waals surface area contributed by atoms with Gasteiger partial charge in [-0.2, -0.15) is 13.2 Å². The predicted molar refractivity (Wildman–Crippen MR) is 64.3 cm³/mol. The Morgan fingerprint density at radius 2 is 2.06 bits per heavy atom. The Balaban J connectivity index is 2.30. The van der Waals surface area contributed by atoms with Gasteiger partial charge in [0.1, 0.15) is 0 Å². The topological polar surface area (TPSA) is 3.24 Å². The van der Waals surface area contributed by atoms with Gasteiger partial charge in [0.2, 0.25) is 0 Å². The molecule has 1 fully saturated rings. The number of likely N-dealkylation sites (tertiary alicyclic amines) is 1. The van der Waals surface area contributed by atoms with Crippen LogP contribution in [0.15, 0.2) is 0 Å². The Bertz CT molecular complexity index is 220. The van der Waals surface area contributed by atoms with Crippen LogP contribution in [0, 0.1) is 11.8 Å². The molecule has 102 valence electrons. The smallest absolute Gasteiger partial charge is 0.303 e. The lowest BCUT2D eigenvalue weighted by atomic mass is 9.96. The standard InChI is InChI=1S/C12H21ClF3N/c1-10(4-6-13)5-8-17-7-2-3-11(9-17)12(14,15)16/h10-11H,2-9H2,1H3. The fourth-order valence-electron chi connectivity index (χ4n) is 2.26. The van der Waals surface area contributed by atoms with Crippen molar-refractivity contribution in [3.63, 3.8) is 0 Å². The molecule has 1 heterocycles. The highest BCUT2D eigenvalue weighted by Crippen LogP contribution is 2.33. The van der Waals surface area contributed by atoms with E-state index in [4.69, 9.17) is 11.6 Å². The minimum absolute atomic E-state index is 0.178. The van der Waals surface area contributed by atoms with Crippen molar-refractivity contribution in [3.8, 4) is 0 Å². The first-order chi connectivity index (χ1) is 7.93. The fraction of sp³-hybridized carbons (Fsp3) is 1.00. The van der Waals surface area contributed by atoms with Crippen LogP contribution in [0.4, 0.5) is 13.2 Å². The summed E-state index contributed by atoms with van der Waals surface area (Å²) in [5.41, 5.74) is 0. The monoisotopic (exact) mass is 271 g/mol. The number of nitrogens with zero attached hydrogens (tertiary/aromatic N) is 1. The maximum Gasteiger partial charge on any atom is 0.393 e. The van der Waals surface area contributed by atoms with E-state index >= 15 is 0 Å². The summed E-state index contributed by atoms with van der Waals surface area (Å²) in [6.07, 6.45) is -1.19. The molecule has 0 saturated carbocycles. The van der Waals surface area contributed by atoms with E-state index in [-0.39, 0.29) is 13.0 Å². The molecule has 0 radical (unpaired) electrons. The number of halogens is 4. The normalized spacial score (nSPS) is 24.9. The van der Waals surface area contributed by atoms with Gasteiger partial charge in [-0.1, -0.05) is 6.92 Å². The molecule has 0 amide bonds. The van der Waals surface area contributed by atoms with Gasteiger partial charge in [0.25, 0.3) is 0 Å². The molecule has 5 heteroatoms. The van der Waals surface area contributed by atoms with E-state index in [1.165, 1.54) is 0 Å². The van der Waals surface area contributed by atoms with Crippen LogP contribution in [0.5, 0.6) is 0 Å². The Morgan fingerprint density at radius 3 is 2.65 bits per heavy atom. The molecule has 0 N–H and O–H groups in total. The van der Waals surface area contributed by atoms with E-state index < -0.39 is 12.1 Å². The third-order valence-electron chi connectivity index (χ3n) is 3.51. The molecule has 0 aliphatic carbocycles. The molecule has 0 aromatic heterocycles. The van der Waals surface area contributed by atoms with E-state index in [0.717, 1.165) is 25.9 Å². The van der Waals surface area contributed by atoms with Crippen LogP contribution in [-0.2, 0) is 0 Å². The van der Waals surface area contributed by atoms with Gasteiger partial charge in [0.05, 0.1) is 5.92 Å². The number of alkyl halides is 4. The maximum absolute atomic E-state index is 12.6. The van der Waals surface area contributed by atoms with Crippen molar-refractivity contribution in [2.45, 2.75) is 38.8 Å². The fourth-order valence-corrected chi connectivity index (χ4v) is 2.63. The highest BCUT2D eigenvalue weighted by atomic mass is 35.5. The molecule has 0 aromatic rings. The molecule has 2 atom stereocenters. The van der Waals surface area contributed by atoms with Crippen molar-refractivity contribution < 1.29 is 13.2 Å². The van der Waals surface area contributed by atoms with Gasteiger partial charge < -0.3 is 4.90 Å². The summed E-state index contributed by atoms with van der Waals surface area (Å²) in [6.45, 7) is 3.86. The molecule has 17 heavy (non-hydrogen) atoms. The van der Waals surface area contributed by atoms with E-state index in [0.29, 0.717) is 18.2 Å². The number of rotatable bonds is 5. The molecule has 1 aliphatic heterocycles.